The normalized spacial score (nSPS) is 17.6. The Hall–Kier alpha value is -3.67. The maximum Gasteiger partial charge on any atom is 0.339 e. The number of carbonyl (C=O) groups excluding carboxylic acids is 1. The molecule has 6 rings (SSSR count). The largest absolute Gasteiger partial charge is 0.425 e. The van der Waals surface area contributed by atoms with Crippen LogP contribution in [-0.4, -0.2) is 11.0 Å². The van der Waals surface area contributed by atoms with Gasteiger partial charge in [-0.05, 0) is 60.9 Å². The van der Waals surface area contributed by atoms with Gasteiger partial charge in [-0.25, -0.2) is 4.79 Å². The number of ether oxygens (including phenoxy) is 1. The maximum atomic E-state index is 13.0. The van der Waals surface area contributed by atoms with Crippen LogP contribution in [0.2, 0.25) is 0 Å². The number of aromatic nitrogens is 1. The summed E-state index contributed by atoms with van der Waals surface area (Å²) < 4.78 is 11.4. The number of pyridine rings is 1. The minimum atomic E-state index is -0.432. The first-order chi connectivity index (χ1) is 15.0. The second-order valence-corrected chi connectivity index (χ2v) is 8.38. The van der Waals surface area contributed by atoms with Gasteiger partial charge in [0.15, 0.2) is 0 Å². The number of H-pyrrole nitrogens is 1. The van der Waals surface area contributed by atoms with E-state index in [4.69, 9.17) is 9.15 Å². The van der Waals surface area contributed by atoms with Crippen molar-refractivity contribution in [2.24, 2.45) is 0 Å². The smallest absolute Gasteiger partial charge is 0.339 e. The highest BCUT2D eigenvalue weighted by molar-refractivity contribution is 5.95. The lowest BCUT2D eigenvalue weighted by Gasteiger charge is -2.27. The highest BCUT2D eigenvalue weighted by Crippen LogP contribution is 2.46. The molecule has 0 saturated heterocycles. The van der Waals surface area contributed by atoms with Crippen LogP contribution in [-0.2, 0) is 17.6 Å². The number of aryl methyl sites for hydroxylation is 2. The van der Waals surface area contributed by atoms with E-state index in [2.05, 4.69) is 4.98 Å². The summed E-state index contributed by atoms with van der Waals surface area (Å²) in [5, 5.41) is 1.60. The van der Waals surface area contributed by atoms with E-state index in [0.29, 0.717) is 34.3 Å². The van der Waals surface area contributed by atoms with Crippen LogP contribution in [0, 0.1) is 6.92 Å². The fourth-order valence-corrected chi connectivity index (χ4v) is 5.20. The molecule has 1 N–H and O–H groups in total. The van der Waals surface area contributed by atoms with E-state index in [1.807, 2.05) is 43.3 Å². The topological polar surface area (TPSA) is 89.4 Å². The summed E-state index contributed by atoms with van der Waals surface area (Å²) in [6, 6.07) is 11.3. The maximum absolute atomic E-state index is 13.0. The molecule has 0 saturated carbocycles. The Kier molecular flexibility index (Phi) is 3.75. The number of carbonyl (C=O) groups is 1. The number of fused-ring (bicyclic) bond motifs is 6. The number of para-hydroxylation sites is 1. The molecule has 0 radical (unpaired) electrons. The van der Waals surface area contributed by atoms with E-state index >= 15 is 0 Å². The van der Waals surface area contributed by atoms with Gasteiger partial charge in [0, 0.05) is 28.1 Å². The van der Waals surface area contributed by atoms with Crippen molar-refractivity contribution in [2.75, 3.05) is 0 Å². The molecule has 2 aliphatic rings. The summed E-state index contributed by atoms with van der Waals surface area (Å²) in [6.45, 7) is 1.90. The van der Waals surface area contributed by atoms with Crippen LogP contribution in [0.3, 0.4) is 0 Å². The van der Waals surface area contributed by atoms with E-state index < -0.39 is 11.9 Å². The van der Waals surface area contributed by atoms with Crippen molar-refractivity contribution in [3.05, 3.63) is 85.0 Å². The second kappa shape index (κ2) is 6.41. The van der Waals surface area contributed by atoms with Crippen molar-refractivity contribution in [1.82, 2.24) is 4.98 Å². The Balaban J connectivity index is 1.68. The summed E-state index contributed by atoms with van der Waals surface area (Å²) in [5.41, 5.74) is 4.41. The lowest BCUT2D eigenvalue weighted by molar-refractivity contribution is -0.135. The average molecular weight is 413 g/mol. The summed E-state index contributed by atoms with van der Waals surface area (Å²) >= 11 is 0. The van der Waals surface area contributed by atoms with Gasteiger partial charge in [-0.1, -0.05) is 18.2 Å². The molecule has 1 aliphatic carbocycles. The van der Waals surface area contributed by atoms with E-state index in [1.165, 1.54) is 0 Å². The lowest BCUT2D eigenvalue weighted by Crippen LogP contribution is -2.27. The van der Waals surface area contributed by atoms with Crippen molar-refractivity contribution >= 4 is 27.8 Å². The van der Waals surface area contributed by atoms with Gasteiger partial charge in [0.1, 0.15) is 11.3 Å². The van der Waals surface area contributed by atoms with Gasteiger partial charge < -0.3 is 14.1 Å². The van der Waals surface area contributed by atoms with Crippen LogP contribution >= 0.6 is 0 Å². The van der Waals surface area contributed by atoms with Crippen LogP contribution in [0.25, 0.3) is 21.9 Å². The minimum absolute atomic E-state index is 0.0831. The summed E-state index contributed by atoms with van der Waals surface area (Å²) in [7, 11) is 0. The van der Waals surface area contributed by atoms with Crippen LogP contribution < -0.4 is 15.9 Å². The van der Waals surface area contributed by atoms with Crippen LogP contribution in [0.5, 0.6) is 5.75 Å². The Morgan fingerprint density at radius 3 is 2.71 bits per heavy atom. The molecule has 0 amide bonds. The molecule has 6 nitrogen and oxygen atoms in total. The molecular weight excluding hydrogens is 394 g/mol. The quantitative estimate of drug-likeness (QED) is 0.291. The van der Waals surface area contributed by atoms with Gasteiger partial charge >= 0.3 is 11.6 Å². The lowest BCUT2D eigenvalue weighted by atomic mass is 9.82. The van der Waals surface area contributed by atoms with Crippen molar-refractivity contribution in [3.8, 4) is 5.75 Å². The third-order valence-electron chi connectivity index (χ3n) is 6.55. The van der Waals surface area contributed by atoms with E-state index in [0.717, 1.165) is 40.4 Å². The second-order valence-electron chi connectivity index (χ2n) is 8.38. The van der Waals surface area contributed by atoms with E-state index in [1.54, 1.807) is 0 Å². The molecule has 1 aliphatic heterocycles. The van der Waals surface area contributed by atoms with Gasteiger partial charge in [-0.15, -0.1) is 0 Å². The fraction of sp³-hybridized carbons (Fsp3) is 0.240. The Morgan fingerprint density at radius 1 is 1.03 bits per heavy atom. The Labute approximate surface area is 176 Å². The van der Waals surface area contributed by atoms with E-state index in [9.17, 15) is 14.4 Å². The zero-order chi connectivity index (χ0) is 21.3. The van der Waals surface area contributed by atoms with Crippen molar-refractivity contribution < 1.29 is 13.9 Å². The highest BCUT2D eigenvalue weighted by atomic mass is 16.5. The van der Waals surface area contributed by atoms with Crippen LogP contribution in [0.15, 0.2) is 50.4 Å². The number of benzene rings is 2. The molecule has 3 heterocycles. The predicted octanol–water partition coefficient (Wildman–Crippen LogP) is 3.87. The molecule has 31 heavy (non-hydrogen) atoms. The van der Waals surface area contributed by atoms with Gasteiger partial charge in [0.05, 0.1) is 11.8 Å². The first-order valence-corrected chi connectivity index (χ1v) is 10.5. The first-order valence-electron chi connectivity index (χ1n) is 10.5. The Morgan fingerprint density at radius 2 is 1.84 bits per heavy atom. The molecule has 0 spiro atoms. The van der Waals surface area contributed by atoms with Gasteiger partial charge in [0.25, 0.3) is 5.56 Å². The Bertz CT molecular complexity index is 1540. The molecule has 0 bridgehead atoms. The molecule has 154 valence electrons. The average Bonchev–Trinajstić information content (AvgIpc) is 3.23. The molecular formula is C25H19NO5. The zero-order valence-corrected chi connectivity index (χ0v) is 16.9. The zero-order valence-electron chi connectivity index (χ0n) is 16.9. The number of hydrogen-bond donors (Lipinski definition) is 1. The minimum Gasteiger partial charge on any atom is -0.425 e. The van der Waals surface area contributed by atoms with Crippen LogP contribution in [0.4, 0.5) is 0 Å². The van der Waals surface area contributed by atoms with Gasteiger partial charge in [0.2, 0.25) is 0 Å². The molecule has 1 atom stereocenters. The van der Waals surface area contributed by atoms with Crippen molar-refractivity contribution in [3.63, 3.8) is 0 Å². The number of nitrogens with one attached hydrogen (secondary N) is 1. The highest BCUT2D eigenvalue weighted by Gasteiger charge is 2.35. The van der Waals surface area contributed by atoms with Crippen molar-refractivity contribution in [1.29, 1.82) is 0 Å². The summed E-state index contributed by atoms with van der Waals surface area (Å²) in [5.74, 6) is -0.390. The number of aromatic amines is 1. The standard InChI is InChI=1S/C25H19NO5/c1-12-9-19-22(14-6-4-7-15(14)25(29)30-19)23-21(12)16(11-20(27)31-23)17-10-13-5-2-3-8-18(13)26-24(17)28/h2-3,5,8-10,16H,4,6-7,11H2,1H3,(H,26,28)/t16-/m0/s1. The molecule has 0 unspecified atom stereocenters. The molecule has 4 aromatic rings. The van der Waals surface area contributed by atoms with Gasteiger partial charge in [-0.3, -0.25) is 9.59 Å². The first kappa shape index (κ1) is 18.1. The van der Waals surface area contributed by atoms with E-state index in [-0.39, 0.29) is 17.6 Å². The number of hydrogen-bond acceptors (Lipinski definition) is 5. The predicted molar refractivity (Wildman–Crippen MR) is 116 cm³/mol. The molecule has 0 fully saturated rings. The fourth-order valence-electron chi connectivity index (χ4n) is 5.20. The van der Waals surface area contributed by atoms with Crippen LogP contribution in [0.1, 0.15) is 46.6 Å². The third-order valence-corrected chi connectivity index (χ3v) is 6.55. The molecule has 2 aromatic carbocycles. The van der Waals surface area contributed by atoms with Gasteiger partial charge in [-0.2, -0.15) is 0 Å². The summed E-state index contributed by atoms with van der Waals surface area (Å²) in [6.07, 6.45) is 2.35. The number of rotatable bonds is 1. The molecule has 6 heteroatoms. The summed E-state index contributed by atoms with van der Waals surface area (Å²) in [4.78, 5) is 41.0. The monoisotopic (exact) mass is 413 g/mol. The third kappa shape index (κ3) is 2.61. The number of esters is 1. The molecule has 2 aromatic heterocycles. The SMILES string of the molecule is Cc1cc2oc(=O)c3c(c2c2c1[C@H](c1cc4ccccc4[nH]c1=O)CC(=O)O2)CCC3. The van der Waals surface area contributed by atoms with Crippen molar-refractivity contribution in [2.45, 2.75) is 38.5 Å².